The second-order valence-electron chi connectivity index (χ2n) is 5.36. The largest absolute Gasteiger partial charge is 0.507 e. The molecule has 0 aliphatic heterocycles. The molecule has 3 N–H and O–H groups in total. The van der Waals surface area contributed by atoms with Gasteiger partial charge in [0, 0.05) is 11.5 Å². The predicted molar refractivity (Wildman–Crippen MR) is 87.7 cm³/mol. The normalized spacial score (nSPS) is 14.6. The fourth-order valence-electron chi connectivity index (χ4n) is 2.32. The highest BCUT2D eigenvalue weighted by Crippen LogP contribution is 2.42. The minimum atomic E-state index is 0.328. The zero-order valence-corrected chi connectivity index (χ0v) is 13.6. The molecule has 5 heteroatoms. The summed E-state index contributed by atoms with van der Waals surface area (Å²) < 4.78 is 0.973. The molecule has 1 aliphatic rings. The third-order valence-electron chi connectivity index (χ3n) is 3.62. The summed E-state index contributed by atoms with van der Waals surface area (Å²) in [7, 11) is 0. The van der Waals surface area contributed by atoms with E-state index in [0.717, 1.165) is 26.0 Å². The molecular weight excluding hydrogens is 365 g/mol. The lowest BCUT2D eigenvalue weighted by Gasteiger charge is -2.10. The molecule has 1 saturated carbocycles. The van der Waals surface area contributed by atoms with Crippen molar-refractivity contribution >= 4 is 28.4 Å². The topological polar surface area (TPSA) is 72.0 Å². The lowest BCUT2D eigenvalue weighted by Crippen LogP contribution is -2.04. The first-order valence-corrected chi connectivity index (χ1v) is 7.68. The first kappa shape index (κ1) is 13.6. The Hall–Kier alpha value is -1.37. The molecule has 3 rings (SSSR count). The number of phenolic OH excluding ortho intramolecular Hbond substituents is 1. The van der Waals surface area contributed by atoms with Crippen LogP contribution in [0.3, 0.4) is 0 Å². The van der Waals surface area contributed by atoms with E-state index in [0.29, 0.717) is 23.3 Å². The van der Waals surface area contributed by atoms with Crippen molar-refractivity contribution in [1.29, 1.82) is 0 Å². The summed E-state index contributed by atoms with van der Waals surface area (Å²) in [5.74, 6) is 2.05. The van der Waals surface area contributed by atoms with Crippen molar-refractivity contribution in [2.75, 3.05) is 5.73 Å². The van der Waals surface area contributed by atoms with Crippen molar-refractivity contribution in [3.63, 3.8) is 0 Å². The van der Waals surface area contributed by atoms with Gasteiger partial charge in [0.05, 0.1) is 9.26 Å². The molecule has 1 heterocycles. The number of hydrogen-bond acceptors (Lipinski definition) is 4. The first-order chi connectivity index (χ1) is 9.47. The lowest BCUT2D eigenvalue weighted by molar-refractivity contribution is 0.467. The molecule has 20 heavy (non-hydrogen) atoms. The number of phenols is 1. The van der Waals surface area contributed by atoms with E-state index in [1.165, 1.54) is 12.8 Å². The van der Waals surface area contributed by atoms with Crippen LogP contribution in [0.1, 0.15) is 35.6 Å². The van der Waals surface area contributed by atoms with Gasteiger partial charge in [0.25, 0.3) is 0 Å². The van der Waals surface area contributed by atoms with Crippen LogP contribution in [0.2, 0.25) is 0 Å². The van der Waals surface area contributed by atoms with Crippen molar-refractivity contribution in [2.45, 2.75) is 32.6 Å². The van der Waals surface area contributed by atoms with Crippen LogP contribution in [0.5, 0.6) is 5.75 Å². The molecule has 0 bridgehead atoms. The van der Waals surface area contributed by atoms with E-state index >= 15 is 0 Å². The smallest absolute Gasteiger partial charge is 0.161 e. The molecule has 1 fully saturated rings. The quantitative estimate of drug-likeness (QED) is 0.781. The van der Waals surface area contributed by atoms with E-state index in [9.17, 15) is 5.11 Å². The maximum absolute atomic E-state index is 9.86. The summed E-state index contributed by atoms with van der Waals surface area (Å²) >= 11 is 2.22. The molecule has 1 aromatic carbocycles. The van der Waals surface area contributed by atoms with E-state index in [-0.39, 0.29) is 0 Å². The molecule has 0 spiro atoms. The van der Waals surface area contributed by atoms with Crippen LogP contribution >= 0.6 is 22.6 Å². The number of nitrogens with zero attached hydrogens (tertiary/aromatic N) is 2. The average molecular weight is 381 g/mol. The number of nitrogen functional groups attached to an aromatic ring is 1. The van der Waals surface area contributed by atoms with Crippen LogP contribution in [0.4, 0.5) is 5.82 Å². The first-order valence-electron chi connectivity index (χ1n) is 6.61. The molecule has 0 atom stereocenters. The summed E-state index contributed by atoms with van der Waals surface area (Å²) in [6.45, 7) is 3.76. The minimum absolute atomic E-state index is 0.328. The number of benzene rings is 1. The van der Waals surface area contributed by atoms with Gasteiger partial charge in [-0.1, -0.05) is 0 Å². The van der Waals surface area contributed by atoms with Gasteiger partial charge in [0.15, 0.2) is 5.82 Å². The number of aromatic nitrogens is 2. The van der Waals surface area contributed by atoms with Gasteiger partial charge in [-0.25, -0.2) is 9.97 Å². The summed E-state index contributed by atoms with van der Waals surface area (Å²) in [6.07, 6.45) is 2.36. The van der Waals surface area contributed by atoms with Crippen LogP contribution in [-0.2, 0) is 0 Å². The highest BCUT2D eigenvalue weighted by Gasteiger charge is 2.29. The molecule has 0 saturated heterocycles. The SMILES string of the molecule is Cc1cc(-c2nc(N)c(I)c(C3CC3)n2)cc(C)c1O. The Kier molecular flexibility index (Phi) is 3.32. The van der Waals surface area contributed by atoms with Crippen LogP contribution < -0.4 is 5.73 Å². The van der Waals surface area contributed by atoms with Gasteiger partial charge in [0.1, 0.15) is 11.6 Å². The Morgan fingerprint density at radius 3 is 2.35 bits per heavy atom. The number of aryl methyl sites for hydroxylation is 2. The van der Waals surface area contributed by atoms with E-state index in [2.05, 4.69) is 27.6 Å². The van der Waals surface area contributed by atoms with Gasteiger partial charge in [-0.2, -0.15) is 0 Å². The Morgan fingerprint density at radius 2 is 1.80 bits per heavy atom. The predicted octanol–water partition coefficient (Wildman–Crippen LogP) is 3.53. The van der Waals surface area contributed by atoms with Crippen LogP contribution in [0, 0.1) is 17.4 Å². The molecule has 1 aromatic heterocycles. The second kappa shape index (κ2) is 4.87. The molecule has 4 nitrogen and oxygen atoms in total. The average Bonchev–Trinajstić information content (AvgIpc) is 3.22. The Balaban J connectivity index is 2.15. The van der Waals surface area contributed by atoms with Gasteiger partial charge in [-0.15, -0.1) is 0 Å². The zero-order valence-electron chi connectivity index (χ0n) is 11.4. The number of hydrogen-bond donors (Lipinski definition) is 2. The molecular formula is C15H16IN3O. The van der Waals surface area contributed by atoms with E-state index in [1.807, 2.05) is 26.0 Å². The fourth-order valence-corrected chi connectivity index (χ4v) is 3.01. The van der Waals surface area contributed by atoms with Gasteiger partial charge < -0.3 is 10.8 Å². The Labute approximate surface area is 131 Å². The summed E-state index contributed by atoms with van der Waals surface area (Å²) in [4.78, 5) is 9.10. The number of nitrogens with two attached hydrogens (primary N) is 1. The minimum Gasteiger partial charge on any atom is -0.507 e. The maximum atomic E-state index is 9.86. The van der Waals surface area contributed by atoms with Crippen molar-refractivity contribution < 1.29 is 5.11 Å². The van der Waals surface area contributed by atoms with Crippen molar-refractivity contribution in [2.24, 2.45) is 0 Å². The summed E-state index contributed by atoms with van der Waals surface area (Å²) in [5, 5.41) is 9.86. The summed E-state index contributed by atoms with van der Waals surface area (Å²) in [5.41, 5.74) is 9.65. The zero-order chi connectivity index (χ0) is 14.4. The van der Waals surface area contributed by atoms with Crippen LogP contribution in [-0.4, -0.2) is 15.1 Å². The number of aromatic hydroxyl groups is 1. The Morgan fingerprint density at radius 1 is 1.20 bits per heavy atom. The van der Waals surface area contributed by atoms with Crippen LogP contribution in [0.15, 0.2) is 12.1 Å². The fraction of sp³-hybridized carbons (Fsp3) is 0.333. The Bertz CT molecular complexity index is 673. The van der Waals surface area contributed by atoms with Crippen LogP contribution in [0.25, 0.3) is 11.4 Å². The van der Waals surface area contributed by atoms with Gasteiger partial charge in [-0.3, -0.25) is 0 Å². The van der Waals surface area contributed by atoms with E-state index in [4.69, 9.17) is 10.7 Å². The van der Waals surface area contributed by atoms with E-state index in [1.54, 1.807) is 0 Å². The van der Waals surface area contributed by atoms with Gasteiger partial charge in [-0.05, 0) is 72.5 Å². The molecule has 2 aromatic rings. The highest BCUT2D eigenvalue weighted by molar-refractivity contribution is 14.1. The number of anilines is 1. The van der Waals surface area contributed by atoms with E-state index < -0.39 is 0 Å². The molecule has 1 aliphatic carbocycles. The molecule has 0 amide bonds. The lowest BCUT2D eigenvalue weighted by atomic mass is 10.1. The molecule has 0 unspecified atom stereocenters. The van der Waals surface area contributed by atoms with Crippen molar-refractivity contribution in [3.8, 4) is 17.1 Å². The van der Waals surface area contributed by atoms with Crippen molar-refractivity contribution in [1.82, 2.24) is 9.97 Å². The second-order valence-corrected chi connectivity index (χ2v) is 6.44. The van der Waals surface area contributed by atoms with Crippen molar-refractivity contribution in [3.05, 3.63) is 32.5 Å². The maximum Gasteiger partial charge on any atom is 0.161 e. The monoisotopic (exact) mass is 381 g/mol. The highest BCUT2D eigenvalue weighted by atomic mass is 127. The summed E-state index contributed by atoms with van der Waals surface area (Å²) in [6, 6.07) is 3.81. The van der Waals surface area contributed by atoms with Gasteiger partial charge >= 0.3 is 0 Å². The third-order valence-corrected chi connectivity index (χ3v) is 4.72. The third kappa shape index (κ3) is 2.34. The van der Waals surface area contributed by atoms with Gasteiger partial charge in [0.2, 0.25) is 0 Å². The molecule has 104 valence electrons. The molecule has 0 radical (unpaired) electrons. The number of halogens is 1. The standard InChI is InChI=1S/C15H16IN3O/c1-7-5-10(6-8(2)13(7)20)15-18-12(9-3-4-9)11(16)14(17)19-15/h5-6,9,20H,3-4H2,1-2H3,(H2,17,18,19). The number of rotatable bonds is 2.